The molecule has 3 N–H and O–H groups in total. The number of quaternary nitrogens is 2. The van der Waals surface area contributed by atoms with Crippen molar-refractivity contribution in [1.29, 1.82) is 0 Å². The number of hydrogen-bond acceptors (Lipinski definition) is 3. The highest BCUT2D eigenvalue weighted by atomic mass is 16.5. The number of rotatable bonds is 6. The predicted octanol–water partition coefficient (Wildman–Crippen LogP) is -0.153. The van der Waals surface area contributed by atoms with E-state index in [2.05, 4.69) is 11.9 Å². The summed E-state index contributed by atoms with van der Waals surface area (Å²) in [5, 5.41) is 0.654. The fourth-order valence-corrected chi connectivity index (χ4v) is 3.94. The first-order chi connectivity index (χ1) is 13.7. The zero-order valence-electron chi connectivity index (χ0n) is 16.3. The fraction of sp³-hybridized carbons (Fsp3) is 0.364. The van der Waals surface area contributed by atoms with Crippen LogP contribution in [0.1, 0.15) is 18.8 Å². The van der Waals surface area contributed by atoms with Crippen molar-refractivity contribution in [2.45, 2.75) is 13.0 Å². The number of hydrogen-bond donors (Lipinski definition) is 3. The van der Waals surface area contributed by atoms with Crippen LogP contribution in [0, 0.1) is 0 Å². The fourth-order valence-electron chi connectivity index (χ4n) is 3.94. The summed E-state index contributed by atoms with van der Waals surface area (Å²) in [6.07, 6.45) is 0. The van der Waals surface area contributed by atoms with Crippen LogP contribution in [0.25, 0.3) is 10.9 Å². The second-order valence-corrected chi connectivity index (χ2v) is 7.51. The molecule has 0 aliphatic carbocycles. The molecule has 1 aliphatic heterocycles. The van der Waals surface area contributed by atoms with Gasteiger partial charge in [-0.05, 0) is 31.2 Å². The SMILES string of the molecule is C[C@H](c1nc2ccccc2c(=O)[nH]1)[NH+]1CC[NH+](CCOc2ccccc2)CC1. The van der Waals surface area contributed by atoms with Crippen molar-refractivity contribution in [2.24, 2.45) is 0 Å². The molecule has 0 saturated carbocycles. The Morgan fingerprint density at radius 3 is 2.54 bits per heavy atom. The third kappa shape index (κ3) is 4.24. The second kappa shape index (κ2) is 8.54. The van der Waals surface area contributed by atoms with Gasteiger partial charge in [-0.25, -0.2) is 4.98 Å². The second-order valence-electron chi connectivity index (χ2n) is 7.51. The molecule has 6 heteroatoms. The maximum atomic E-state index is 12.4. The first kappa shape index (κ1) is 18.7. The number of nitrogens with zero attached hydrogens (tertiary/aromatic N) is 1. The molecule has 1 fully saturated rings. The lowest BCUT2D eigenvalue weighted by Gasteiger charge is -2.32. The Bertz CT molecular complexity index is 965. The number of nitrogens with one attached hydrogen (secondary N) is 3. The first-order valence-electron chi connectivity index (χ1n) is 10.1. The van der Waals surface area contributed by atoms with Crippen LogP contribution in [0.2, 0.25) is 0 Å². The van der Waals surface area contributed by atoms with Gasteiger partial charge in [0.05, 0.1) is 10.9 Å². The zero-order chi connectivity index (χ0) is 19.3. The molecule has 4 rings (SSSR count). The zero-order valence-corrected chi connectivity index (χ0v) is 16.3. The predicted molar refractivity (Wildman–Crippen MR) is 109 cm³/mol. The van der Waals surface area contributed by atoms with Crippen LogP contribution in [0.5, 0.6) is 5.75 Å². The maximum Gasteiger partial charge on any atom is 0.258 e. The average Bonchev–Trinajstić information content (AvgIpc) is 2.74. The van der Waals surface area contributed by atoms with E-state index in [1.807, 2.05) is 54.6 Å². The molecule has 1 aromatic heterocycles. The van der Waals surface area contributed by atoms with Gasteiger partial charge in [0.2, 0.25) is 0 Å². The number of aromatic amines is 1. The van der Waals surface area contributed by atoms with Gasteiger partial charge in [-0.1, -0.05) is 30.3 Å². The molecule has 2 heterocycles. The topological polar surface area (TPSA) is 63.9 Å². The molecule has 0 unspecified atom stereocenters. The van der Waals surface area contributed by atoms with Gasteiger partial charge >= 0.3 is 0 Å². The number of para-hydroxylation sites is 2. The summed E-state index contributed by atoms with van der Waals surface area (Å²) >= 11 is 0. The van der Waals surface area contributed by atoms with Gasteiger partial charge in [-0.15, -0.1) is 0 Å². The van der Waals surface area contributed by atoms with Crippen molar-refractivity contribution in [1.82, 2.24) is 9.97 Å². The van der Waals surface area contributed by atoms with Gasteiger partial charge in [0.1, 0.15) is 51.1 Å². The quantitative estimate of drug-likeness (QED) is 0.557. The van der Waals surface area contributed by atoms with E-state index >= 15 is 0 Å². The van der Waals surface area contributed by atoms with Gasteiger partial charge in [0.15, 0.2) is 5.82 Å². The molecule has 1 aliphatic rings. The third-order valence-corrected chi connectivity index (χ3v) is 5.72. The number of benzene rings is 2. The molecule has 0 amide bonds. The average molecular weight is 380 g/mol. The summed E-state index contributed by atoms with van der Waals surface area (Å²) in [7, 11) is 0. The summed E-state index contributed by atoms with van der Waals surface area (Å²) in [4.78, 5) is 23.1. The van der Waals surface area contributed by atoms with Crippen LogP contribution in [-0.4, -0.2) is 49.3 Å². The molecule has 1 atom stereocenters. The Morgan fingerprint density at radius 2 is 1.75 bits per heavy atom. The summed E-state index contributed by atoms with van der Waals surface area (Å²) in [6.45, 7) is 8.26. The van der Waals surface area contributed by atoms with Gasteiger partial charge in [0.25, 0.3) is 5.56 Å². The summed E-state index contributed by atoms with van der Waals surface area (Å²) < 4.78 is 5.83. The van der Waals surface area contributed by atoms with Crippen molar-refractivity contribution in [3.8, 4) is 5.75 Å². The van der Waals surface area contributed by atoms with E-state index in [-0.39, 0.29) is 11.6 Å². The van der Waals surface area contributed by atoms with E-state index in [0.29, 0.717) is 5.39 Å². The molecule has 0 radical (unpaired) electrons. The third-order valence-electron chi connectivity index (χ3n) is 5.72. The minimum atomic E-state index is -0.0471. The Kier molecular flexibility index (Phi) is 5.69. The van der Waals surface area contributed by atoms with E-state index in [1.54, 1.807) is 4.90 Å². The molecule has 0 bridgehead atoms. The van der Waals surface area contributed by atoms with Gasteiger partial charge < -0.3 is 19.5 Å². The van der Waals surface area contributed by atoms with Crippen molar-refractivity contribution in [3.63, 3.8) is 0 Å². The highest BCUT2D eigenvalue weighted by molar-refractivity contribution is 5.77. The van der Waals surface area contributed by atoms with E-state index in [9.17, 15) is 4.79 Å². The molecule has 146 valence electrons. The number of fused-ring (bicyclic) bond motifs is 1. The maximum absolute atomic E-state index is 12.4. The minimum Gasteiger partial charge on any atom is -0.488 e. The van der Waals surface area contributed by atoms with Gasteiger partial charge in [-0.3, -0.25) is 4.79 Å². The summed E-state index contributed by atoms with van der Waals surface area (Å²) in [6, 6.07) is 17.7. The first-order valence-corrected chi connectivity index (χ1v) is 10.1. The highest BCUT2D eigenvalue weighted by Gasteiger charge is 2.29. The van der Waals surface area contributed by atoms with Crippen LogP contribution >= 0.6 is 0 Å². The summed E-state index contributed by atoms with van der Waals surface area (Å²) in [5.41, 5.74) is 0.726. The van der Waals surface area contributed by atoms with Crippen molar-refractivity contribution < 1.29 is 14.5 Å². The lowest BCUT2D eigenvalue weighted by molar-refractivity contribution is -1.03. The molecular weight excluding hydrogens is 352 g/mol. The Labute approximate surface area is 164 Å². The van der Waals surface area contributed by atoms with Crippen LogP contribution in [0.4, 0.5) is 0 Å². The smallest absolute Gasteiger partial charge is 0.258 e. The highest BCUT2D eigenvalue weighted by Crippen LogP contribution is 2.09. The molecule has 3 aromatic rings. The standard InChI is InChI=1S/C22H26N4O2/c1-17(21-23-20-10-6-5-9-19(20)22(27)24-21)26-13-11-25(12-14-26)15-16-28-18-7-3-2-4-8-18/h2-10,17H,11-16H2,1H3,(H,23,24,27)/p+2/t17-/m1/s1. The lowest BCUT2D eigenvalue weighted by atomic mass is 10.2. The van der Waals surface area contributed by atoms with Crippen molar-refractivity contribution in [2.75, 3.05) is 39.3 Å². The van der Waals surface area contributed by atoms with E-state index in [4.69, 9.17) is 9.72 Å². The van der Waals surface area contributed by atoms with E-state index < -0.39 is 0 Å². The monoisotopic (exact) mass is 380 g/mol. The van der Waals surface area contributed by atoms with Crippen LogP contribution in [0.3, 0.4) is 0 Å². The van der Waals surface area contributed by atoms with Gasteiger partial charge in [0, 0.05) is 0 Å². The molecule has 28 heavy (non-hydrogen) atoms. The van der Waals surface area contributed by atoms with Crippen LogP contribution in [-0.2, 0) is 0 Å². The molecule has 6 nitrogen and oxygen atoms in total. The van der Waals surface area contributed by atoms with Gasteiger partial charge in [-0.2, -0.15) is 0 Å². The number of H-pyrrole nitrogens is 1. The van der Waals surface area contributed by atoms with E-state index in [0.717, 1.165) is 56.4 Å². The number of aromatic nitrogens is 2. The van der Waals surface area contributed by atoms with Crippen molar-refractivity contribution in [3.05, 3.63) is 70.8 Å². The molecule has 2 aromatic carbocycles. The molecule has 0 spiro atoms. The summed E-state index contributed by atoms with van der Waals surface area (Å²) in [5.74, 6) is 1.72. The van der Waals surface area contributed by atoms with Crippen molar-refractivity contribution >= 4 is 10.9 Å². The normalized spacial score (nSPS) is 20.8. The number of piperazine rings is 1. The van der Waals surface area contributed by atoms with Crippen LogP contribution in [0.15, 0.2) is 59.4 Å². The van der Waals surface area contributed by atoms with E-state index in [1.165, 1.54) is 4.90 Å². The number of ether oxygens (including phenoxy) is 1. The Hall–Kier alpha value is -2.70. The largest absolute Gasteiger partial charge is 0.488 e. The Morgan fingerprint density at radius 1 is 1.04 bits per heavy atom. The van der Waals surface area contributed by atoms with Crippen LogP contribution < -0.4 is 20.1 Å². The molecule has 1 saturated heterocycles. The lowest BCUT2D eigenvalue weighted by Crippen LogP contribution is -3.28. The minimum absolute atomic E-state index is 0.0471. The molecular formula is C22H28N4O2+2. The Balaban J connectivity index is 1.31.